The molecule has 1 atom stereocenters. The Morgan fingerprint density at radius 3 is 2.68 bits per heavy atom. The maximum Gasteiger partial charge on any atom is 0.432 e. The number of rotatable bonds is 3. The highest BCUT2D eigenvalue weighted by molar-refractivity contribution is 6.30. The van der Waals surface area contributed by atoms with Crippen LogP contribution in [0.5, 0.6) is 0 Å². The summed E-state index contributed by atoms with van der Waals surface area (Å²) in [7, 11) is 0. The van der Waals surface area contributed by atoms with Gasteiger partial charge < -0.3 is 10.1 Å². The van der Waals surface area contributed by atoms with Crippen LogP contribution in [-0.4, -0.2) is 41.3 Å². The van der Waals surface area contributed by atoms with E-state index in [9.17, 15) is 18.0 Å². The molecular formula is C17H17ClF3N5O2. The molecule has 0 aliphatic carbocycles. The van der Waals surface area contributed by atoms with Crippen LogP contribution in [0.25, 0.3) is 0 Å². The van der Waals surface area contributed by atoms with Gasteiger partial charge >= 0.3 is 6.18 Å². The Hall–Kier alpha value is -2.59. The molecule has 1 aliphatic heterocycles. The Morgan fingerprint density at radius 2 is 2.07 bits per heavy atom. The normalized spacial score (nSPS) is 18.0. The van der Waals surface area contributed by atoms with Crippen LogP contribution >= 0.6 is 11.6 Å². The van der Waals surface area contributed by atoms with Crippen LogP contribution in [0.3, 0.4) is 0 Å². The number of aliphatic imine (C=N–C) groups is 1. The van der Waals surface area contributed by atoms with E-state index in [4.69, 9.17) is 16.3 Å². The van der Waals surface area contributed by atoms with E-state index >= 15 is 0 Å². The van der Waals surface area contributed by atoms with E-state index in [0.717, 1.165) is 18.9 Å². The summed E-state index contributed by atoms with van der Waals surface area (Å²) in [5.41, 5.74) is -0.698. The van der Waals surface area contributed by atoms with Gasteiger partial charge in [0.2, 0.25) is 5.96 Å². The van der Waals surface area contributed by atoms with Crippen molar-refractivity contribution in [1.82, 2.24) is 15.5 Å². The number of alkyl halides is 3. The van der Waals surface area contributed by atoms with E-state index in [0.29, 0.717) is 23.8 Å². The molecule has 150 valence electrons. The standard InChI is InChI=1S/C17H17ClF3N5O2/c18-11-5-3-10(4-6-11)15(27)24-16(22-12-2-1-7-28-9-12)23-14-8-13(25-26-14)17(19,20)21/h3-6,8,12H,1-2,7,9H2,(H3,22,23,24,25,26,27). The number of carbonyl (C=O) groups excluding carboxylic acids is 1. The quantitative estimate of drug-likeness (QED) is 0.529. The molecule has 1 amide bonds. The minimum Gasteiger partial charge on any atom is -0.379 e. The van der Waals surface area contributed by atoms with Gasteiger partial charge in [-0.1, -0.05) is 11.6 Å². The molecule has 1 aromatic carbocycles. The molecule has 0 saturated carbocycles. The number of aromatic nitrogens is 2. The second-order valence-corrected chi connectivity index (χ2v) is 6.54. The summed E-state index contributed by atoms with van der Waals surface area (Å²) in [6.45, 7) is 0.983. The lowest BCUT2D eigenvalue weighted by Gasteiger charge is -2.20. The summed E-state index contributed by atoms with van der Waals surface area (Å²) < 4.78 is 43.6. The predicted octanol–water partition coefficient (Wildman–Crippen LogP) is 3.46. The van der Waals surface area contributed by atoms with Gasteiger partial charge in [-0.2, -0.15) is 18.3 Å². The van der Waals surface area contributed by atoms with Gasteiger partial charge in [-0.3, -0.25) is 15.2 Å². The van der Waals surface area contributed by atoms with Crippen molar-refractivity contribution in [1.29, 1.82) is 0 Å². The van der Waals surface area contributed by atoms with Crippen LogP contribution < -0.4 is 10.6 Å². The van der Waals surface area contributed by atoms with E-state index < -0.39 is 17.8 Å². The Morgan fingerprint density at radius 1 is 1.32 bits per heavy atom. The van der Waals surface area contributed by atoms with E-state index in [1.165, 1.54) is 12.1 Å². The molecule has 7 nitrogen and oxygen atoms in total. The Kier molecular flexibility index (Phi) is 6.20. The third-order valence-electron chi connectivity index (χ3n) is 3.92. The van der Waals surface area contributed by atoms with Crippen LogP contribution in [0.4, 0.5) is 19.0 Å². The Balaban J connectivity index is 1.78. The molecule has 1 saturated heterocycles. The minimum atomic E-state index is -4.56. The van der Waals surface area contributed by atoms with E-state index in [-0.39, 0.29) is 17.8 Å². The van der Waals surface area contributed by atoms with Gasteiger partial charge in [0.15, 0.2) is 5.82 Å². The summed E-state index contributed by atoms with van der Waals surface area (Å²) in [4.78, 5) is 16.8. The number of anilines is 1. The number of hydrogen-bond acceptors (Lipinski definition) is 4. The number of carbonyl (C=O) groups is 1. The highest BCUT2D eigenvalue weighted by Gasteiger charge is 2.33. The van der Waals surface area contributed by atoms with Gasteiger partial charge in [-0.05, 0) is 37.1 Å². The zero-order chi connectivity index (χ0) is 20.1. The molecule has 3 rings (SSSR count). The zero-order valence-electron chi connectivity index (χ0n) is 14.5. The van der Waals surface area contributed by atoms with Gasteiger partial charge in [-0.25, -0.2) is 4.99 Å². The summed E-state index contributed by atoms with van der Waals surface area (Å²) in [6.07, 6.45) is -3.03. The summed E-state index contributed by atoms with van der Waals surface area (Å²) >= 11 is 5.81. The molecule has 3 N–H and O–H groups in total. The van der Waals surface area contributed by atoms with Crippen molar-refractivity contribution < 1.29 is 22.7 Å². The molecule has 0 bridgehead atoms. The van der Waals surface area contributed by atoms with Crippen molar-refractivity contribution >= 4 is 29.3 Å². The van der Waals surface area contributed by atoms with E-state index in [1.807, 2.05) is 5.10 Å². The number of guanidine groups is 1. The van der Waals surface area contributed by atoms with Crippen molar-refractivity contribution in [3.63, 3.8) is 0 Å². The SMILES string of the molecule is O=C(NC(=NC1CCCOC1)Nc1cc(C(F)(F)F)[nH]n1)c1ccc(Cl)cc1. The summed E-state index contributed by atoms with van der Waals surface area (Å²) in [6, 6.07) is 6.71. The van der Waals surface area contributed by atoms with Crippen molar-refractivity contribution in [2.75, 3.05) is 18.5 Å². The number of nitrogens with one attached hydrogen (secondary N) is 3. The third kappa shape index (κ3) is 5.46. The third-order valence-corrected chi connectivity index (χ3v) is 4.17. The Labute approximate surface area is 163 Å². The molecule has 2 aromatic rings. The van der Waals surface area contributed by atoms with E-state index in [1.54, 1.807) is 12.1 Å². The predicted molar refractivity (Wildman–Crippen MR) is 97.4 cm³/mol. The number of halogens is 4. The molecule has 0 radical (unpaired) electrons. The van der Waals surface area contributed by atoms with Crippen molar-refractivity contribution in [3.8, 4) is 0 Å². The van der Waals surface area contributed by atoms with Crippen LogP contribution in [-0.2, 0) is 10.9 Å². The summed E-state index contributed by atoms with van der Waals surface area (Å²) in [5, 5.41) is 11.1. The van der Waals surface area contributed by atoms with Crippen LogP contribution in [0.1, 0.15) is 28.9 Å². The van der Waals surface area contributed by atoms with Gasteiger partial charge in [0.25, 0.3) is 5.91 Å². The molecule has 1 aliphatic rings. The Bertz CT molecular complexity index is 845. The second-order valence-electron chi connectivity index (χ2n) is 6.10. The first-order valence-corrected chi connectivity index (χ1v) is 8.81. The number of amides is 1. The lowest BCUT2D eigenvalue weighted by Crippen LogP contribution is -2.38. The topological polar surface area (TPSA) is 91.4 Å². The number of hydrogen-bond donors (Lipinski definition) is 3. The molecule has 1 unspecified atom stereocenters. The van der Waals surface area contributed by atoms with Crippen LogP contribution in [0.2, 0.25) is 5.02 Å². The molecule has 1 fully saturated rings. The van der Waals surface area contributed by atoms with Gasteiger partial charge in [0.05, 0.1) is 12.6 Å². The van der Waals surface area contributed by atoms with Crippen LogP contribution in [0.15, 0.2) is 35.3 Å². The lowest BCUT2D eigenvalue weighted by atomic mass is 10.1. The first-order valence-electron chi connectivity index (χ1n) is 8.43. The first-order chi connectivity index (χ1) is 13.3. The zero-order valence-corrected chi connectivity index (χ0v) is 15.3. The van der Waals surface area contributed by atoms with Gasteiger partial charge in [0.1, 0.15) is 5.69 Å². The smallest absolute Gasteiger partial charge is 0.379 e. The first kappa shape index (κ1) is 20.2. The maximum atomic E-state index is 12.7. The number of aromatic amines is 1. The highest BCUT2D eigenvalue weighted by atomic mass is 35.5. The number of H-pyrrole nitrogens is 1. The fourth-order valence-corrected chi connectivity index (χ4v) is 2.66. The lowest BCUT2D eigenvalue weighted by molar-refractivity contribution is -0.141. The molecule has 1 aromatic heterocycles. The average molecular weight is 416 g/mol. The maximum absolute atomic E-state index is 12.7. The molecule has 2 heterocycles. The molecule has 11 heteroatoms. The second kappa shape index (κ2) is 8.61. The fourth-order valence-electron chi connectivity index (χ4n) is 2.54. The van der Waals surface area contributed by atoms with Crippen molar-refractivity contribution in [3.05, 3.63) is 46.6 Å². The molecule has 28 heavy (non-hydrogen) atoms. The number of benzene rings is 1. The molecular weight excluding hydrogens is 399 g/mol. The van der Waals surface area contributed by atoms with Crippen molar-refractivity contribution in [2.45, 2.75) is 25.1 Å². The largest absolute Gasteiger partial charge is 0.432 e. The van der Waals surface area contributed by atoms with E-state index in [2.05, 4.69) is 20.7 Å². The number of ether oxygens (including phenoxy) is 1. The molecule has 0 spiro atoms. The fraction of sp³-hybridized carbons (Fsp3) is 0.353. The van der Waals surface area contributed by atoms with Crippen molar-refractivity contribution in [2.24, 2.45) is 4.99 Å². The highest BCUT2D eigenvalue weighted by Crippen LogP contribution is 2.28. The van der Waals surface area contributed by atoms with Crippen LogP contribution in [0, 0.1) is 0 Å². The summed E-state index contributed by atoms with van der Waals surface area (Å²) in [5.74, 6) is -0.638. The van der Waals surface area contributed by atoms with Gasteiger partial charge in [-0.15, -0.1) is 0 Å². The average Bonchev–Trinajstić information content (AvgIpc) is 3.12. The monoisotopic (exact) mass is 415 g/mol. The minimum absolute atomic E-state index is 0.0179. The number of nitrogens with zero attached hydrogens (tertiary/aromatic N) is 2. The van der Waals surface area contributed by atoms with Gasteiger partial charge in [0, 0.05) is 23.3 Å².